The third kappa shape index (κ3) is 3.37. The molecule has 0 aromatic carbocycles. The molecule has 116 valence electrons. The van der Waals surface area contributed by atoms with Gasteiger partial charge in [-0.2, -0.15) is 0 Å². The van der Waals surface area contributed by atoms with Gasteiger partial charge in [0.25, 0.3) is 0 Å². The molecule has 2 fully saturated rings. The second-order valence-corrected chi connectivity index (χ2v) is 6.43. The van der Waals surface area contributed by atoms with Gasteiger partial charge in [0, 0.05) is 31.6 Å². The summed E-state index contributed by atoms with van der Waals surface area (Å²) in [4.78, 5) is 47.1. The summed E-state index contributed by atoms with van der Waals surface area (Å²) in [6.07, 6.45) is 1.48. The first kappa shape index (κ1) is 15.8. The van der Waals surface area contributed by atoms with Crippen LogP contribution in [0.3, 0.4) is 0 Å². The van der Waals surface area contributed by atoms with Gasteiger partial charge in [0.1, 0.15) is 0 Å². The summed E-state index contributed by atoms with van der Waals surface area (Å²) in [5.74, 6) is -1.88. The number of carboxylic acids is 1. The molecule has 21 heavy (non-hydrogen) atoms. The normalized spacial score (nSPS) is 26.3. The number of hydrogen-bond acceptors (Lipinski definition) is 5. The molecule has 0 radical (unpaired) electrons. The van der Waals surface area contributed by atoms with Crippen molar-refractivity contribution >= 4 is 34.7 Å². The van der Waals surface area contributed by atoms with Crippen LogP contribution in [-0.2, 0) is 19.2 Å². The first-order valence-corrected chi connectivity index (χ1v) is 7.90. The summed E-state index contributed by atoms with van der Waals surface area (Å²) in [6.45, 7) is 1.80. The molecule has 2 saturated heterocycles. The molecule has 7 nitrogen and oxygen atoms in total. The van der Waals surface area contributed by atoms with Crippen molar-refractivity contribution in [2.75, 3.05) is 12.3 Å². The highest BCUT2D eigenvalue weighted by molar-refractivity contribution is 8.13. The fourth-order valence-corrected chi connectivity index (χ4v) is 3.43. The number of fused-ring (bicyclic) bond motifs is 1. The molecule has 0 saturated carbocycles. The van der Waals surface area contributed by atoms with Crippen molar-refractivity contribution in [1.29, 1.82) is 0 Å². The Bertz CT molecular complexity index is 481. The lowest BCUT2D eigenvalue weighted by molar-refractivity contribution is -0.181. The molecule has 0 unspecified atom stereocenters. The zero-order chi connectivity index (χ0) is 15.6. The van der Waals surface area contributed by atoms with E-state index in [9.17, 15) is 24.3 Å². The van der Waals surface area contributed by atoms with E-state index in [2.05, 4.69) is 0 Å². The van der Waals surface area contributed by atoms with E-state index >= 15 is 0 Å². The lowest BCUT2D eigenvalue weighted by atomic mass is 10.0. The molecule has 2 aliphatic rings. The molecular weight excluding hydrogens is 296 g/mol. The Morgan fingerprint density at radius 3 is 2.67 bits per heavy atom. The summed E-state index contributed by atoms with van der Waals surface area (Å²) in [5.41, 5.74) is 0. The molecule has 0 aromatic heterocycles. The number of hydrogen-bond donors (Lipinski definition) is 1. The Kier molecular flexibility index (Phi) is 4.87. The van der Waals surface area contributed by atoms with Gasteiger partial charge in [0.2, 0.25) is 11.8 Å². The van der Waals surface area contributed by atoms with E-state index in [-0.39, 0.29) is 29.1 Å². The highest BCUT2D eigenvalue weighted by atomic mass is 32.2. The lowest BCUT2D eigenvalue weighted by Crippen LogP contribution is -2.60. The van der Waals surface area contributed by atoms with Gasteiger partial charge in [0.15, 0.2) is 11.2 Å². The maximum absolute atomic E-state index is 12.6. The number of rotatable bonds is 3. The minimum Gasteiger partial charge on any atom is -0.480 e. The number of carbonyl (C=O) groups is 4. The number of amides is 2. The van der Waals surface area contributed by atoms with Crippen LogP contribution in [-0.4, -0.2) is 56.4 Å². The van der Waals surface area contributed by atoms with E-state index in [4.69, 9.17) is 0 Å². The highest BCUT2D eigenvalue weighted by Gasteiger charge is 2.44. The minimum absolute atomic E-state index is 0.0938. The smallest absolute Gasteiger partial charge is 0.328 e. The van der Waals surface area contributed by atoms with Crippen molar-refractivity contribution in [2.24, 2.45) is 5.92 Å². The van der Waals surface area contributed by atoms with Crippen molar-refractivity contribution in [3.8, 4) is 0 Å². The van der Waals surface area contributed by atoms with Crippen LogP contribution in [0.2, 0.25) is 0 Å². The maximum atomic E-state index is 12.6. The molecule has 0 spiro atoms. The van der Waals surface area contributed by atoms with Crippen molar-refractivity contribution < 1.29 is 24.3 Å². The van der Waals surface area contributed by atoms with Crippen molar-refractivity contribution in [1.82, 2.24) is 10.0 Å². The molecule has 2 rings (SSSR count). The number of carboxylic acid groups (broad SMARTS) is 1. The van der Waals surface area contributed by atoms with E-state index in [0.29, 0.717) is 25.8 Å². The Hall–Kier alpha value is -1.57. The molecule has 8 heteroatoms. The number of thioether (sulfide) groups is 1. The molecule has 0 aliphatic carbocycles. The second kappa shape index (κ2) is 6.46. The SMILES string of the molecule is CC(=O)SC[C@H]1CCC(=O)N2CCC[C@@H](C(=O)O)N2C1=O. The monoisotopic (exact) mass is 314 g/mol. The molecule has 2 aliphatic heterocycles. The summed E-state index contributed by atoms with van der Waals surface area (Å²) >= 11 is 1.04. The van der Waals surface area contributed by atoms with Crippen LogP contribution >= 0.6 is 11.8 Å². The molecule has 2 atom stereocenters. The fourth-order valence-electron chi connectivity index (χ4n) is 2.69. The molecule has 1 N–H and O–H groups in total. The summed E-state index contributed by atoms with van der Waals surface area (Å²) in [7, 11) is 0. The van der Waals surface area contributed by atoms with Crippen LogP contribution in [0.15, 0.2) is 0 Å². The van der Waals surface area contributed by atoms with Crippen LogP contribution < -0.4 is 0 Å². The Labute approximate surface area is 126 Å². The number of hydrazine groups is 1. The van der Waals surface area contributed by atoms with Crippen LogP contribution in [0.1, 0.15) is 32.6 Å². The van der Waals surface area contributed by atoms with Gasteiger partial charge in [-0.25, -0.2) is 9.80 Å². The van der Waals surface area contributed by atoms with Crippen molar-refractivity contribution in [2.45, 2.75) is 38.6 Å². The summed E-state index contributed by atoms with van der Waals surface area (Å²) in [5, 5.41) is 11.6. The largest absolute Gasteiger partial charge is 0.480 e. The lowest BCUT2D eigenvalue weighted by Gasteiger charge is -2.41. The van der Waals surface area contributed by atoms with Gasteiger partial charge >= 0.3 is 5.97 Å². The van der Waals surface area contributed by atoms with E-state index in [1.54, 1.807) is 0 Å². The third-order valence-electron chi connectivity index (χ3n) is 3.75. The van der Waals surface area contributed by atoms with Crippen LogP contribution in [0, 0.1) is 5.92 Å². The molecule has 2 amide bonds. The number of nitrogens with zero attached hydrogens (tertiary/aromatic N) is 2. The molecule has 0 bridgehead atoms. The Morgan fingerprint density at radius 1 is 1.33 bits per heavy atom. The van der Waals surface area contributed by atoms with Gasteiger partial charge in [-0.15, -0.1) is 0 Å². The summed E-state index contributed by atoms with van der Waals surface area (Å²) in [6, 6.07) is -0.988. The van der Waals surface area contributed by atoms with E-state index in [1.165, 1.54) is 11.9 Å². The summed E-state index contributed by atoms with van der Waals surface area (Å²) < 4.78 is 0. The zero-order valence-electron chi connectivity index (χ0n) is 11.8. The zero-order valence-corrected chi connectivity index (χ0v) is 12.6. The topological polar surface area (TPSA) is 95.0 Å². The predicted octanol–water partition coefficient (Wildman–Crippen LogP) is 0.495. The van der Waals surface area contributed by atoms with Gasteiger partial charge in [-0.1, -0.05) is 11.8 Å². The highest BCUT2D eigenvalue weighted by Crippen LogP contribution is 2.29. The second-order valence-electron chi connectivity index (χ2n) is 5.23. The Balaban J connectivity index is 2.24. The van der Waals surface area contributed by atoms with Crippen molar-refractivity contribution in [3.63, 3.8) is 0 Å². The first-order valence-electron chi connectivity index (χ1n) is 6.91. The van der Waals surface area contributed by atoms with Crippen LogP contribution in [0.4, 0.5) is 0 Å². The number of aliphatic carboxylic acids is 1. The average molecular weight is 314 g/mol. The average Bonchev–Trinajstić information content (AvgIpc) is 2.55. The fraction of sp³-hybridized carbons (Fsp3) is 0.692. The number of carbonyl (C=O) groups excluding carboxylic acids is 3. The van der Waals surface area contributed by atoms with Gasteiger partial charge < -0.3 is 5.11 Å². The van der Waals surface area contributed by atoms with Crippen LogP contribution in [0.5, 0.6) is 0 Å². The van der Waals surface area contributed by atoms with Crippen LogP contribution in [0.25, 0.3) is 0 Å². The molecule has 0 aromatic rings. The first-order chi connectivity index (χ1) is 9.91. The Morgan fingerprint density at radius 2 is 2.05 bits per heavy atom. The minimum atomic E-state index is -1.10. The standard InChI is InChI=1S/C13H18N2O5S/c1-8(16)21-7-9-4-5-11(17)14-6-2-3-10(13(19)20)15(14)12(9)18/h9-10H,2-7H2,1H3,(H,19,20)/t9-,10+/m1/s1. The van der Waals surface area contributed by atoms with Gasteiger partial charge in [-0.05, 0) is 19.3 Å². The molecular formula is C13H18N2O5S. The van der Waals surface area contributed by atoms with Crippen molar-refractivity contribution in [3.05, 3.63) is 0 Å². The van der Waals surface area contributed by atoms with E-state index in [0.717, 1.165) is 16.8 Å². The maximum Gasteiger partial charge on any atom is 0.328 e. The van der Waals surface area contributed by atoms with Gasteiger partial charge in [0.05, 0.1) is 0 Å². The third-order valence-corrected chi connectivity index (χ3v) is 4.72. The predicted molar refractivity (Wildman–Crippen MR) is 75.1 cm³/mol. The molecule has 2 heterocycles. The quantitative estimate of drug-likeness (QED) is 0.815. The van der Waals surface area contributed by atoms with Gasteiger partial charge in [-0.3, -0.25) is 19.4 Å². The van der Waals surface area contributed by atoms with E-state index in [1.807, 2.05) is 0 Å². The van der Waals surface area contributed by atoms with E-state index < -0.39 is 17.9 Å².